The van der Waals surface area contributed by atoms with Gasteiger partial charge in [-0.3, -0.25) is 4.79 Å². The third-order valence-corrected chi connectivity index (χ3v) is 6.57. The minimum absolute atomic E-state index is 0.111. The lowest BCUT2D eigenvalue weighted by Crippen LogP contribution is -2.39. The first-order chi connectivity index (χ1) is 12.2. The van der Waals surface area contributed by atoms with Gasteiger partial charge in [-0.15, -0.1) is 21.5 Å². The van der Waals surface area contributed by atoms with Gasteiger partial charge in [-0.1, -0.05) is 0 Å². The van der Waals surface area contributed by atoms with E-state index in [0.717, 1.165) is 42.9 Å². The summed E-state index contributed by atoms with van der Waals surface area (Å²) in [4.78, 5) is 16.0. The average molecular weight is 360 g/mol. The van der Waals surface area contributed by atoms with E-state index in [4.69, 9.17) is 0 Å². The third-order valence-electron chi connectivity index (χ3n) is 5.51. The molecule has 1 fully saturated rings. The summed E-state index contributed by atoms with van der Waals surface area (Å²) in [6.07, 6.45) is 6.57. The Balaban J connectivity index is 1.54. The molecular formula is C18H24N4O2S. The number of nitrogens with zero attached hydrogens (tertiary/aromatic N) is 4. The van der Waals surface area contributed by atoms with E-state index < -0.39 is 0 Å². The van der Waals surface area contributed by atoms with Crippen LogP contribution in [0, 0.1) is 0 Å². The van der Waals surface area contributed by atoms with Crippen LogP contribution in [0.3, 0.4) is 0 Å². The average Bonchev–Trinajstić information content (AvgIpc) is 3.24. The number of aliphatic hydroxyl groups is 1. The van der Waals surface area contributed by atoms with Gasteiger partial charge in [0.1, 0.15) is 12.4 Å². The lowest BCUT2D eigenvalue weighted by Gasteiger charge is -2.32. The normalized spacial score (nSPS) is 20.6. The van der Waals surface area contributed by atoms with Crippen molar-refractivity contribution in [3.63, 3.8) is 0 Å². The van der Waals surface area contributed by atoms with Crippen molar-refractivity contribution in [2.75, 3.05) is 13.1 Å². The van der Waals surface area contributed by atoms with Gasteiger partial charge in [0.15, 0.2) is 5.82 Å². The highest BCUT2D eigenvalue weighted by Crippen LogP contribution is 2.33. The quantitative estimate of drug-likeness (QED) is 0.911. The maximum absolute atomic E-state index is 13.1. The van der Waals surface area contributed by atoms with Crippen LogP contribution in [-0.4, -0.2) is 43.8 Å². The zero-order valence-corrected chi connectivity index (χ0v) is 15.4. The zero-order chi connectivity index (χ0) is 17.4. The highest BCUT2D eigenvalue weighted by molar-refractivity contribution is 7.12. The number of hydrogen-bond donors (Lipinski definition) is 1. The first-order valence-corrected chi connectivity index (χ1v) is 9.94. The van der Waals surface area contributed by atoms with Crippen molar-refractivity contribution in [1.29, 1.82) is 0 Å². The number of fused-ring (bicyclic) bond motifs is 1. The molecule has 2 aliphatic rings. The van der Waals surface area contributed by atoms with E-state index in [2.05, 4.69) is 15.6 Å². The lowest BCUT2D eigenvalue weighted by atomic mass is 9.93. The second-order valence-corrected chi connectivity index (χ2v) is 7.94. The largest absolute Gasteiger partial charge is 0.388 e. The smallest absolute Gasteiger partial charge is 0.264 e. The Morgan fingerprint density at radius 1 is 1.32 bits per heavy atom. The van der Waals surface area contributed by atoms with Crippen LogP contribution in [0.1, 0.15) is 64.0 Å². The van der Waals surface area contributed by atoms with Crippen molar-refractivity contribution in [1.82, 2.24) is 19.7 Å². The van der Waals surface area contributed by atoms with Gasteiger partial charge >= 0.3 is 0 Å². The molecule has 0 unspecified atom stereocenters. The first kappa shape index (κ1) is 16.7. The van der Waals surface area contributed by atoms with Crippen molar-refractivity contribution in [3.05, 3.63) is 33.0 Å². The first-order valence-electron chi connectivity index (χ1n) is 9.06. The van der Waals surface area contributed by atoms with E-state index in [9.17, 15) is 9.90 Å². The minimum Gasteiger partial charge on any atom is -0.388 e. The molecule has 1 atom stereocenters. The molecule has 6 nitrogen and oxygen atoms in total. The molecule has 1 aliphatic heterocycles. The van der Waals surface area contributed by atoms with E-state index in [1.807, 2.05) is 16.5 Å². The predicted octanol–water partition coefficient (Wildman–Crippen LogP) is 2.27. The van der Waals surface area contributed by atoms with Crippen molar-refractivity contribution < 1.29 is 9.90 Å². The zero-order valence-electron chi connectivity index (χ0n) is 14.6. The number of aryl methyl sites for hydroxylation is 1. The van der Waals surface area contributed by atoms with Gasteiger partial charge in [0.25, 0.3) is 5.91 Å². The number of thiophene rings is 1. The molecular weight excluding hydrogens is 336 g/mol. The number of piperidine rings is 1. The van der Waals surface area contributed by atoms with Crippen LogP contribution in [0.5, 0.6) is 0 Å². The van der Waals surface area contributed by atoms with Crippen LogP contribution in [0.4, 0.5) is 0 Å². The summed E-state index contributed by atoms with van der Waals surface area (Å²) in [6.45, 7) is 1.38. The van der Waals surface area contributed by atoms with Crippen LogP contribution in [0.15, 0.2) is 5.38 Å². The third kappa shape index (κ3) is 3.00. The SMILES string of the molecule is Cn1c(CO)nnc1[C@@H]1CCCN(C(=O)c2scc3c2CCCC3)C1. The van der Waals surface area contributed by atoms with Gasteiger partial charge in [-0.25, -0.2) is 0 Å². The van der Waals surface area contributed by atoms with Gasteiger partial charge in [0.05, 0.1) is 4.88 Å². The van der Waals surface area contributed by atoms with Crippen molar-refractivity contribution in [3.8, 4) is 0 Å². The molecule has 2 aromatic heterocycles. The monoisotopic (exact) mass is 360 g/mol. The van der Waals surface area contributed by atoms with Gasteiger partial charge in [-0.05, 0) is 55.0 Å². The summed E-state index contributed by atoms with van der Waals surface area (Å²) in [5, 5.41) is 19.8. The lowest BCUT2D eigenvalue weighted by molar-refractivity contribution is 0.0707. The number of amides is 1. The van der Waals surface area contributed by atoms with Gasteiger partial charge in [-0.2, -0.15) is 0 Å². The second kappa shape index (κ2) is 6.88. The van der Waals surface area contributed by atoms with Crippen LogP contribution in [-0.2, 0) is 26.5 Å². The molecule has 0 radical (unpaired) electrons. The fraction of sp³-hybridized carbons (Fsp3) is 0.611. The molecule has 0 bridgehead atoms. The Labute approximate surface area is 151 Å². The summed E-state index contributed by atoms with van der Waals surface area (Å²) < 4.78 is 1.87. The number of hydrogen-bond acceptors (Lipinski definition) is 5. The molecule has 1 N–H and O–H groups in total. The number of carbonyl (C=O) groups excluding carboxylic acids is 1. The van der Waals surface area contributed by atoms with E-state index in [1.165, 1.54) is 24.0 Å². The molecule has 1 saturated heterocycles. The summed E-state index contributed by atoms with van der Waals surface area (Å²) in [5.74, 6) is 1.81. The number of rotatable bonds is 3. The van der Waals surface area contributed by atoms with Crippen molar-refractivity contribution in [2.24, 2.45) is 7.05 Å². The Kier molecular flexibility index (Phi) is 4.60. The highest BCUT2D eigenvalue weighted by Gasteiger charge is 2.31. The summed E-state index contributed by atoms with van der Waals surface area (Å²) in [7, 11) is 1.89. The van der Waals surface area contributed by atoms with Crippen LogP contribution in [0.2, 0.25) is 0 Å². The number of aromatic nitrogens is 3. The number of likely N-dealkylation sites (tertiary alicyclic amines) is 1. The van der Waals surface area contributed by atoms with Crippen molar-refractivity contribution in [2.45, 2.75) is 51.0 Å². The fourth-order valence-corrected chi connectivity index (χ4v) is 5.21. The molecule has 1 amide bonds. The summed E-state index contributed by atoms with van der Waals surface area (Å²) in [5.41, 5.74) is 2.68. The van der Waals surface area contributed by atoms with Crippen LogP contribution >= 0.6 is 11.3 Å². The molecule has 0 spiro atoms. The van der Waals surface area contributed by atoms with E-state index >= 15 is 0 Å². The topological polar surface area (TPSA) is 71.2 Å². The Hall–Kier alpha value is -1.73. The van der Waals surface area contributed by atoms with Crippen molar-refractivity contribution >= 4 is 17.2 Å². The molecule has 0 aromatic carbocycles. The van der Waals surface area contributed by atoms with E-state index in [-0.39, 0.29) is 18.4 Å². The summed E-state index contributed by atoms with van der Waals surface area (Å²) in [6, 6.07) is 0. The second-order valence-electron chi connectivity index (χ2n) is 7.06. The molecule has 134 valence electrons. The Bertz CT molecular complexity index is 782. The van der Waals surface area contributed by atoms with Gasteiger partial charge < -0.3 is 14.6 Å². The molecule has 1 aliphatic carbocycles. The minimum atomic E-state index is -0.111. The van der Waals surface area contributed by atoms with Crippen LogP contribution in [0.25, 0.3) is 0 Å². The van der Waals surface area contributed by atoms with Gasteiger partial charge in [0, 0.05) is 26.1 Å². The molecule has 25 heavy (non-hydrogen) atoms. The van der Waals surface area contributed by atoms with Crippen LogP contribution < -0.4 is 0 Å². The molecule has 7 heteroatoms. The molecule has 2 aromatic rings. The standard InChI is InChI=1S/C18H24N4O2S/c1-21-15(10-23)19-20-17(21)12-6-4-8-22(9-12)18(24)16-14-7-3-2-5-13(14)11-25-16/h11-12,23H,2-10H2,1H3/t12-/m1/s1. The summed E-state index contributed by atoms with van der Waals surface area (Å²) >= 11 is 1.62. The maximum atomic E-state index is 13.1. The predicted molar refractivity (Wildman–Crippen MR) is 95.8 cm³/mol. The molecule has 3 heterocycles. The Morgan fingerprint density at radius 2 is 2.16 bits per heavy atom. The fourth-order valence-electron chi connectivity index (χ4n) is 4.08. The van der Waals surface area contributed by atoms with E-state index in [0.29, 0.717) is 12.4 Å². The molecule has 4 rings (SSSR count). The highest BCUT2D eigenvalue weighted by atomic mass is 32.1. The number of carbonyl (C=O) groups is 1. The maximum Gasteiger partial charge on any atom is 0.264 e. The van der Waals surface area contributed by atoms with E-state index in [1.54, 1.807) is 11.3 Å². The number of aliphatic hydroxyl groups excluding tert-OH is 1. The molecule has 0 saturated carbocycles. The Morgan fingerprint density at radius 3 is 2.96 bits per heavy atom. The van der Waals surface area contributed by atoms with Gasteiger partial charge in [0.2, 0.25) is 0 Å².